The van der Waals surface area contributed by atoms with E-state index >= 15 is 0 Å². The number of amides is 1. The first-order valence-corrected chi connectivity index (χ1v) is 5.90. The van der Waals surface area contributed by atoms with Gasteiger partial charge in [-0.2, -0.15) is 0 Å². The second-order valence-corrected chi connectivity index (χ2v) is 4.65. The van der Waals surface area contributed by atoms with Crippen molar-refractivity contribution in [2.24, 2.45) is 11.5 Å². The average Bonchev–Trinajstić information content (AvgIpc) is 2.25. The Balaban J connectivity index is 2.64. The maximum atomic E-state index is 10.8. The molecular weight excluding hydrogens is 261 g/mol. The number of hydrogen-bond acceptors (Lipinski definition) is 3. The zero-order chi connectivity index (χ0) is 13.0. The van der Waals surface area contributed by atoms with Crippen LogP contribution in [0.5, 0.6) is 0 Å². The van der Waals surface area contributed by atoms with Crippen LogP contribution in [0.2, 0.25) is 10.0 Å². The SMILES string of the molecule is CC(NCC(N)C(N)=O)c1ccc(Cl)cc1Cl. The van der Waals surface area contributed by atoms with Gasteiger partial charge in [0.2, 0.25) is 5.91 Å². The molecule has 1 aromatic rings. The number of benzene rings is 1. The molecule has 4 nitrogen and oxygen atoms in total. The van der Waals surface area contributed by atoms with E-state index in [1.165, 1.54) is 0 Å². The molecule has 0 radical (unpaired) electrons. The highest BCUT2D eigenvalue weighted by Gasteiger charge is 2.13. The van der Waals surface area contributed by atoms with Crippen LogP contribution in [-0.2, 0) is 4.79 Å². The lowest BCUT2D eigenvalue weighted by molar-refractivity contribution is -0.119. The molecule has 2 atom stereocenters. The summed E-state index contributed by atoms with van der Waals surface area (Å²) in [4.78, 5) is 10.8. The fourth-order valence-electron chi connectivity index (χ4n) is 1.37. The minimum absolute atomic E-state index is 0.0369. The Bertz CT molecular complexity index is 412. The zero-order valence-corrected chi connectivity index (χ0v) is 10.9. The lowest BCUT2D eigenvalue weighted by atomic mass is 10.1. The molecule has 0 bridgehead atoms. The van der Waals surface area contributed by atoms with Crippen molar-refractivity contribution in [1.82, 2.24) is 5.32 Å². The number of nitrogens with two attached hydrogens (primary N) is 2. The molecule has 0 heterocycles. The number of carbonyl (C=O) groups is 1. The molecule has 94 valence electrons. The van der Waals surface area contributed by atoms with Crippen molar-refractivity contribution >= 4 is 29.1 Å². The van der Waals surface area contributed by atoms with Gasteiger partial charge >= 0.3 is 0 Å². The lowest BCUT2D eigenvalue weighted by Gasteiger charge is -2.17. The van der Waals surface area contributed by atoms with E-state index in [1.807, 2.05) is 13.0 Å². The van der Waals surface area contributed by atoms with Gasteiger partial charge in [0.25, 0.3) is 0 Å². The van der Waals surface area contributed by atoms with Crippen LogP contribution in [0.15, 0.2) is 18.2 Å². The molecule has 0 saturated heterocycles. The molecule has 2 unspecified atom stereocenters. The smallest absolute Gasteiger partial charge is 0.235 e. The van der Waals surface area contributed by atoms with Crippen molar-refractivity contribution in [2.45, 2.75) is 19.0 Å². The number of nitrogens with one attached hydrogen (secondary N) is 1. The van der Waals surface area contributed by atoms with Gasteiger partial charge in [0.1, 0.15) is 0 Å². The fourth-order valence-corrected chi connectivity index (χ4v) is 1.94. The molecule has 6 heteroatoms. The van der Waals surface area contributed by atoms with Gasteiger partial charge in [-0.25, -0.2) is 0 Å². The van der Waals surface area contributed by atoms with E-state index in [2.05, 4.69) is 5.32 Å². The monoisotopic (exact) mass is 275 g/mol. The van der Waals surface area contributed by atoms with Crippen LogP contribution in [0.1, 0.15) is 18.5 Å². The molecule has 0 spiro atoms. The van der Waals surface area contributed by atoms with Crippen LogP contribution in [0.25, 0.3) is 0 Å². The van der Waals surface area contributed by atoms with Gasteiger partial charge in [-0.05, 0) is 24.6 Å². The number of rotatable bonds is 5. The number of halogens is 2. The standard InChI is InChI=1S/C11H15Cl2N3O/c1-6(16-5-10(14)11(15)17)8-3-2-7(12)4-9(8)13/h2-4,6,10,16H,5,14H2,1H3,(H2,15,17). The van der Waals surface area contributed by atoms with Crippen molar-refractivity contribution < 1.29 is 4.79 Å². The van der Waals surface area contributed by atoms with E-state index in [0.717, 1.165) is 5.56 Å². The van der Waals surface area contributed by atoms with Gasteiger partial charge in [-0.1, -0.05) is 29.3 Å². The Hall–Kier alpha value is -0.810. The number of hydrogen-bond donors (Lipinski definition) is 3. The van der Waals surface area contributed by atoms with E-state index in [4.69, 9.17) is 34.7 Å². The zero-order valence-electron chi connectivity index (χ0n) is 9.41. The van der Waals surface area contributed by atoms with Crippen molar-refractivity contribution in [3.05, 3.63) is 33.8 Å². The predicted octanol–water partition coefficient (Wildman–Crippen LogP) is 1.46. The number of primary amides is 1. The van der Waals surface area contributed by atoms with E-state index in [9.17, 15) is 4.79 Å². The average molecular weight is 276 g/mol. The van der Waals surface area contributed by atoms with Crippen LogP contribution in [0.3, 0.4) is 0 Å². The summed E-state index contributed by atoms with van der Waals surface area (Å²) in [7, 11) is 0. The van der Waals surface area contributed by atoms with E-state index in [1.54, 1.807) is 12.1 Å². The first-order valence-electron chi connectivity index (χ1n) is 5.15. The van der Waals surface area contributed by atoms with E-state index in [-0.39, 0.29) is 6.04 Å². The summed E-state index contributed by atoms with van der Waals surface area (Å²) in [5, 5.41) is 4.24. The van der Waals surface area contributed by atoms with Crippen molar-refractivity contribution in [3.63, 3.8) is 0 Å². The Kier molecular flexibility index (Phi) is 5.21. The Morgan fingerprint density at radius 2 is 2.12 bits per heavy atom. The molecule has 0 aliphatic heterocycles. The van der Waals surface area contributed by atoms with Crippen LogP contribution in [0.4, 0.5) is 0 Å². The quantitative estimate of drug-likeness (QED) is 0.761. The summed E-state index contributed by atoms with van der Waals surface area (Å²) in [5.74, 6) is -0.535. The molecule has 0 aromatic heterocycles. The minimum atomic E-state index is -0.705. The van der Waals surface area contributed by atoms with Crippen molar-refractivity contribution in [2.75, 3.05) is 6.54 Å². The fraction of sp³-hybridized carbons (Fsp3) is 0.364. The summed E-state index contributed by atoms with van der Waals surface area (Å²) in [6.45, 7) is 2.22. The third kappa shape index (κ3) is 4.16. The molecule has 0 saturated carbocycles. The second kappa shape index (κ2) is 6.21. The maximum Gasteiger partial charge on any atom is 0.235 e. The van der Waals surface area contributed by atoms with Gasteiger partial charge in [-0.3, -0.25) is 4.79 Å². The molecule has 0 fully saturated rings. The molecule has 0 aliphatic rings. The molecule has 0 aliphatic carbocycles. The normalized spacial score (nSPS) is 14.4. The Labute approximate surface area is 110 Å². The van der Waals surface area contributed by atoms with E-state index in [0.29, 0.717) is 16.6 Å². The molecule has 1 amide bonds. The van der Waals surface area contributed by atoms with Crippen LogP contribution in [0, 0.1) is 0 Å². The predicted molar refractivity (Wildman–Crippen MR) is 70.0 cm³/mol. The minimum Gasteiger partial charge on any atom is -0.368 e. The van der Waals surface area contributed by atoms with Crippen molar-refractivity contribution in [1.29, 1.82) is 0 Å². The Morgan fingerprint density at radius 1 is 1.47 bits per heavy atom. The molecular formula is C11H15Cl2N3O. The second-order valence-electron chi connectivity index (χ2n) is 3.80. The third-order valence-electron chi connectivity index (χ3n) is 2.44. The van der Waals surface area contributed by atoms with Crippen LogP contribution >= 0.6 is 23.2 Å². The lowest BCUT2D eigenvalue weighted by Crippen LogP contribution is -2.44. The van der Waals surface area contributed by atoms with Gasteiger partial charge in [0.15, 0.2) is 0 Å². The summed E-state index contributed by atoms with van der Waals surface area (Å²) in [6, 6.07) is 4.52. The highest BCUT2D eigenvalue weighted by molar-refractivity contribution is 6.35. The summed E-state index contributed by atoms with van der Waals surface area (Å²) in [5.41, 5.74) is 11.5. The highest BCUT2D eigenvalue weighted by atomic mass is 35.5. The summed E-state index contributed by atoms with van der Waals surface area (Å²) in [6.07, 6.45) is 0. The molecule has 5 N–H and O–H groups in total. The van der Waals surface area contributed by atoms with E-state index < -0.39 is 11.9 Å². The topological polar surface area (TPSA) is 81.1 Å². The number of carbonyl (C=O) groups excluding carboxylic acids is 1. The summed E-state index contributed by atoms with van der Waals surface area (Å²) < 4.78 is 0. The summed E-state index contributed by atoms with van der Waals surface area (Å²) >= 11 is 11.9. The first kappa shape index (κ1) is 14.3. The largest absolute Gasteiger partial charge is 0.368 e. The third-order valence-corrected chi connectivity index (χ3v) is 3.00. The molecule has 1 rings (SSSR count). The first-order chi connectivity index (χ1) is 7.91. The van der Waals surface area contributed by atoms with Crippen LogP contribution < -0.4 is 16.8 Å². The molecule has 17 heavy (non-hydrogen) atoms. The molecule has 1 aromatic carbocycles. The Morgan fingerprint density at radius 3 is 2.65 bits per heavy atom. The van der Waals surface area contributed by atoms with Gasteiger partial charge in [-0.15, -0.1) is 0 Å². The highest BCUT2D eigenvalue weighted by Crippen LogP contribution is 2.25. The van der Waals surface area contributed by atoms with Crippen LogP contribution in [-0.4, -0.2) is 18.5 Å². The van der Waals surface area contributed by atoms with Gasteiger partial charge in [0.05, 0.1) is 6.04 Å². The van der Waals surface area contributed by atoms with Crippen molar-refractivity contribution in [3.8, 4) is 0 Å². The van der Waals surface area contributed by atoms with Gasteiger partial charge < -0.3 is 16.8 Å². The van der Waals surface area contributed by atoms with Gasteiger partial charge in [0, 0.05) is 22.6 Å². The maximum absolute atomic E-state index is 10.8.